The first-order valence-corrected chi connectivity index (χ1v) is 47.8. The Balaban J connectivity index is 0.000000138. The molecule has 0 spiro atoms. The number of carbonyl (C=O) groups is 5. The Labute approximate surface area is 816 Å². The predicted molar refractivity (Wildman–Crippen MR) is 546 cm³/mol. The zero-order valence-corrected chi connectivity index (χ0v) is 82.8. The first-order valence-electron chi connectivity index (χ1n) is 43.6. The fourth-order valence-electron chi connectivity index (χ4n) is 16.8. The van der Waals surface area contributed by atoms with Crippen molar-refractivity contribution in [2.45, 2.75) is 147 Å². The number of amidine groups is 3. The summed E-state index contributed by atoms with van der Waals surface area (Å²) in [5.41, 5.74) is 24.0. The van der Waals surface area contributed by atoms with Gasteiger partial charge >= 0.3 is 0 Å². The lowest BCUT2D eigenvalue weighted by molar-refractivity contribution is -0.131. The number of carbonyl (C=O) groups excluding carboxylic acids is 5. The monoisotopic (exact) mass is 1910 g/mol. The Morgan fingerprint density at radius 3 is 1.49 bits per heavy atom. The molecule has 5 aliphatic heterocycles. The number of guanidine groups is 2. The van der Waals surface area contributed by atoms with Gasteiger partial charge in [0.15, 0.2) is 11.9 Å². The fraction of sp³-hybridized carbons (Fsp3) is 0.274. The van der Waals surface area contributed by atoms with Crippen LogP contribution in [0.3, 0.4) is 0 Å². The van der Waals surface area contributed by atoms with E-state index in [9.17, 15) is 24.0 Å². The lowest BCUT2D eigenvalue weighted by atomic mass is 9.67. The fourth-order valence-corrected chi connectivity index (χ4v) is 22.1. The average Bonchev–Trinajstić information content (AvgIpc) is 1.73. The van der Waals surface area contributed by atoms with E-state index >= 15 is 0 Å². The van der Waals surface area contributed by atoms with Crippen LogP contribution in [0.2, 0.25) is 0 Å². The number of likely N-dealkylation sites (tertiary alicyclic amines) is 3. The lowest BCUT2D eigenvalue weighted by Gasteiger charge is -2.44. The van der Waals surface area contributed by atoms with Crippen molar-refractivity contribution in [2.75, 3.05) is 42.3 Å². The molecule has 0 saturated carbocycles. The number of benzene rings is 2. The summed E-state index contributed by atoms with van der Waals surface area (Å²) in [5.74, 6) is 30.2. The smallest absolute Gasteiger partial charge is 0.239 e. The van der Waals surface area contributed by atoms with Gasteiger partial charge in [-0.05, 0) is 182 Å². The van der Waals surface area contributed by atoms with E-state index in [-0.39, 0.29) is 41.5 Å². The van der Waals surface area contributed by atoms with Crippen molar-refractivity contribution >= 4 is 127 Å². The van der Waals surface area contributed by atoms with Crippen LogP contribution in [0.25, 0.3) is 65.2 Å². The maximum atomic E-state index is 13.5. The van der Waals surface area contributed by atoms with Crippen LogP contribution in [0.5, 0.6) is 5.88 Å². The Hall–Kier alpha value is -15.0. The molecule has 13 aromatic rings. The minimum Gasteiger partial charge on any atom is -0.481 e. The summed E-state index contributed by atoms with van der Waals surface area (Å²) in [7, 11) is 9.85. The Morgan fingerprint density at radius 2 is 0.927 bits per heavy atom. The topological polar surface area (TPSA) is 362 Å². The summed E-state index contributed by atoms with van der Waals surface area (Å²) in [6, 6.07) is 35.7. The second-order valence-electron chi connectivity index (χ2n) is 34.6. The van der Waals surface area contributed by atoms with Gasteiger partial charge in [-0.15, -0.1) is 80.4 Å². The lowest BCUT2D eigenvalue weighted by Crippen LogP contribution is -2.52. The highest BCUT2D eigenvalue weighted by molar-refractivity contribution is 7.15. The van der Waals surface area contributed by atoms with Gasteiger partial charge in [0.25, 0.3) is 0 Å². The summed E-state index contributed by atoms with van der Waals surface area (Å²) in [5, 5.41) is 33.6. The molecule has 5 amide bonds. The Bertz CT molecular complexity index is 7130. The number of fused-ring (bicyclic) bond motifs is 1. The molecule has 2 aromatic carbocycles. The van der Waals surface area contributed by atoms with E-state index in [1.165, 1.54) is 35.8 Å². The van der Waals surface area contributed by atoms with Crippen LogP contribution < -0.4 is 16.2 Å². The first kappa shape index (κ1) is 98.0. The van der Waals surface area contributed by atoms with Crippen LogP contribution in [-0.4, -0.2) is 161 Å². The number of methoxy groups -OCH3 is 1. The molecule has 0 aliphatic carbocycles. The van der Waals surface area contributed by atoms with E-state index in [0.29, 0.717) is 61.9 Å². The average molecular weight is 1910 g/mol. The van der Waals surface area contributed by atoms with Crippen molar-refractivity contribution in [3.05, 3.63) is 257 Å². The number of ether oxygens (including phenoxy) is 1. The summed E-state index contributed by atoms with van der Waals surface area (Å²) < 4.78 is 10.8. The largest absolute Gasteiger partial charge is 0.481 e. The molecule has 0 bridgehead atoms. The van der Waals surface area contributed by atoms with Gasteiger partial charge in [-0.1, -0.05) is 80.7 Å². The number of thiophene rings is 3. The highest BCUT2D eigenvalue weighted by Crippen LogP contribution is 2.52. The number of amides is 5. The molecule has 692 valence electrons. The van der Waals surface area contributed by atoms with Crippen molar-refractivity contribution < 1.29 is 33.1 Å². The van der Waals surface area contributed by atoms with Crippen LogP contribution in [0, 0.1) is 75.4 Å². The van der Waals surface area contributed by atoms with Crippen LogP contribution in [0.1, 0.15) is 183 Å². The summed E-state index contributed by atoms with van der Waals surface area (Å²) in [4.78, 5) is 115. The van der Waals surface area contributed by atoms with E-state index in [1.807, 2.05) is 150 Å². The van der Waals surface area contributed by atoms with Gasteiger partial charge in [-0.2, -0.15) is 0 Å². The minimum absolute atomic E-state index is 0.0225. The summed E-state index contributed by atoms with van der Waals surface area (Å²) in [6.07, 6.45) is 22.0. The molecule has 16 heterocycles. The number of thiazole rings is 2. The molecule has 137 heavy (non-hydrogen) atoms. The highest BCUT2D eigenvalue weighted by Gasteiger charge is 2.51. The SMILES string of the molecule is CC#Cc1cc(-c2csc([C@]3(C)CC(=O)N(C)C(N)=N3)c2)ccn1.CC#Cc1cccc(-c2cnc([C@@]3(C)CC(=N)N(C)C(=O)C3)s2)c1.CC#Cc1cncc(-c2cnc([C@@]3(C)CC(=N)N(C)C(=O)C3)s2)c1.CC#Cc1cncc(-c2csc([C@@]3(C)CC(=N)N(C)C(=O)C3c3ccc4ccoc4c3)c2)c1.CC#Cc1cncc(-c2csc([C@@]3(C)N=C(N)N(C)C(=O)C3c3ccc(OC)nc3)c2)c1. The number of aromatic nitrogens is 7. The van der Waals surface area contributed by atoms with Gasteiger partial charge in [0, 0.05) is 211 Å². The molecule has 31 heteroatoms. The van der Waals surface area contributed by atoms with Crippen molar-refractivity contribution in [3.63, 3.8) is 0 Å². The number of aliphatic imine (C=N–C) groups is 2. The van der Waals surface area contributed by atoms with E-state index in [4.69, 9.17) is 41.8 Å². The van der Waals surface area contributed by atoms with E-state index in [0.717, 1.165) is 129 Å². The van der Waals surface area contributed by atoms with Crippen LogP contribution in [-0.2, 0) is 51.3 Å². The molecule has 18 rings (SSSR count). The zero-order chi connectivity index (χ0) is 98.0. The summed E-state index contributed by atoms with van der Waals surface area (Å²) >= 11 is 7.90. The van der Waals surface area contributed by atoms with Gasteiger partial charge < -0.3 is 35.3 Å². The standard InChI is InChI=1S/C27H23N3O2S.C24H23N5O2S.C19H19N3OS.2C18H18N4OS/c1-4-5-17-10-20(15-29-14-17)21-12-23(33-16-21)27(2)13-24(28)30(3)26(31)25(27)19-7-6-18-8-9-32-22(18)11-19;1-5-6-15-9-17(12-26-11-15)18-10-19(32-14-18)24(2)21(22(30)29(3)23(25)28-24)16-7-8-20(31-4)27-13-16;1-4-6-13-7-5-8-14(9-13)15-12-21-18(24-15)19(2)10-16(20)22(3)17(23)11-19;1-4-5-12-6-13(10-20-9-12)14-11-21-17(24-14)18(2)7-15(19)22(3)16(23)8-18;1-4-5-14-8-12(6-7-20-14)13-9-15(24-11-13)18(2)10-16(23)22(3)17(19)21-18/h6-12,14-16,25,28H,13H2,1-3H3;7-14,21H,1-4H3,(H2,25,28);5,7-9,12,20H,10-11H2,1-3H3;6,9-11,19H,7-8H2,1-3H3;6-9,11H,10H2,1-3H3,(H2,19,21)/t25?,27-;21?,24-;19-;2*18-/m11000/s1. The second-order valence-corrected chi connectivity index (χ2v) is 39.4. The molecule has 26 nitrogen and oxygen atoms in total. The molecule has 5 aliphatic rings. The van der Waals surface area contributed by atoms with Gasteiger partial charge in [0.1, 0.15) is 39.9 Å². The number of nitrogens with two attached hydrogens (primary N) is 2. The van der Waals surface area contributed by atoms with Crippen molar-refractivity contribution in [3.8, 4) is 119 Å². The van der Waals surface area contributed by atoms with Gasteiger partial charge in [0.05, 0.1) is 51.4 Å². The third-order valence-electron chi connectivity index (χ3n) is 24.6. The number of rotatable bonds is 13. The Kier molecular flexibility index (Phi) is 29.7. The van der Waals surface area contributed by atoms with Crippen LogP contribution >= 0.6 is 56.7 Å². The zero-order valence-electron chi connectivity index (χ0n) is 78.7. The molecule has 3 fully saturated rings. The molecule has 11 aromatic heterocycles. The predicted octanol–water partition coefficient (Wildman–Crippen LogP) is 18.5. The second kappa shape index (κ2) is 41.5. The number of pyridine rings is 5. The number of nitrogens with one attached hydrogen (secondary N) is 3. The maximum Gasteiger partial charge on any atom is 0.239 e. The first-order chi connectivity index (χ1) is 65.5. The summed E-state index contributed by atoms with van der Waals surface area (Å²) in [6.45, 7) is 19.0. The number of hydrogen-bond acceptors (Lipinski definition) is 26. The molecular formula is C106H101N19O7S5. The van der Waals surface area contributed by atoms with Crippen molar-refractivity contribution in [2.24, 2.45) is 21.5 Å². The molecule has 2 unspecified atom stereocenters. The minimum atomic E-state index is -0.888. The number of hydrogen-bond donors (Lipinski definition) is 5. The normalized spacial score (nSPS) is 20.6. The van der Waals surface area contributed by atoms with Crippen molar-refractivity contribution in [1.82, 2.24) is 59.4 Å². The maximum absolute atomic E-state index is 13.5. The number of piperidine rings is 3. The molecular weight excluding hydrogens is 1810 g/mol. The van der Waals surface area contributed by atoms with Crippen LogP contribution in [0.4, 0.5) is 0 Å². The molecule has 3 saturated heterocycles. The van der Waals surface area contributed by atoms with Crippen LogP contribution in [0.15, 0.2) is 208 Å². The third-order valence-corrected chi connectivity index (χ3v) is 30.9. The van der Waals surface area contributed by atoms with E-state index in [1.54, 1.807) is 164 Å². The Morgan fingerprint density at radius 1 is 0.431 bits per heavy atom. The molecule has 7 atom stereocenters. The van der Waals surface area contributed by atoms with Crippen molar-refractivity contribution in [1.29, 1.82) is 16.2 Å². The number of nitrogens with zero attached hydrogens (tertiary/aromatic N) is 14. The van der Waals surface area contributed by atoms with Gasteiger partial charge in [-0.25, -0.2) is 29.9 Å². The third kappa shape index (κ3) is 21.2. The number of furan rings is 1. The quantitative estimate of drug-likeness (QED) is 0.0670. The highest BCUT2D eigenvalue weighted by atomic mass is 32.1. The van der Waals surface area contributed by atoms with Gasteiger partial charge in [-0.3, -0.25) is 65.0 Å². The molecule has 7 N–H and O–H groups in total. The van der Waals surface area contributed by atoms with Gasteiger partial charge in [0.2, 0.25) is 35.4 Å². The van der Waals surface area contributed by atoms with E-state index in [2.05, 4.69) is 135 Å². The van der Waals surface area contributed by atoms with E-state index < -0.39 is 39.2 Å². The number of likely N-dealkylation sites (N-methyl/N-ethyl adjacent to an activating group) is 2. The molecule has 0 radical (unpaired) electrons.